The number of ether oxygens (including phenoxy) is 1. The van der Waals surface area contributed by atoms with Gasteiger partial charge >= 0.3 is 5.97 Å². The third kappa shape index (κ3) is 3.62. The van der Waals surface area contributed by atoms with Gasteiger partial charge in [-0.05, 0) is 44.2 Å². The molecule has 0 aliphatic carbocycles. The largest absolute Gasteiger partial charge is 0.450 e. The first-order valence-electron chi connectivity index (χ1n) is 6.58. The van der Waals surface area contributed by atoms with Crippen molar-refractivity contribution in [1.29, 1.82) is 0 Å². The molecule has 0 saturated heterocycles. The normalized spacial score (nSPS) is 11.8. The predicted molar refractivity (Wildman–Crippen MR) is 81.5 cm³/mol. The molecular formula is C16H14ClNO4. The molecule has 0 radical (unpaired) electrons. The van der Waals surface area contributed by atoms with Crippen LogP contribution in [0.1, 0.15) is 45.1 Å². The molecule has 0 saturated carbocycles. The number of nitrogens with one attached hydrogen (secondary N) is 1. The first kappa shape index (κ1) is 16.0. The van der Waals surface area contributed by atoms with Gasteiger partial charge in [0.2, 0.25) is 5.78 Å². The molecular weight excluding hydrogens is 306 g/mol. The van der Waals surface area contributed by atoms with Crippen LogP contribution < -0.4 is 0 Å². The van der Waals surface area contributed by atoms with Gasteiger partial charge < -0.3 is 9.72 Å². The van der Waals surface area contributed by atoms with Gasteiger partial charge in [-0.2, -0.15) is 0 Å². The molecule has 0 fully saturated rings. The molecule has 22 heavy (non-hydrogen) atoms. The number of aromatic nitrogens is 1. The minimum absolute atomic E-state index is 0.126. The molecule has 0 unspecified atom stereocenters. The Morgan fingerprint density at radius 3 is 2.32 bits per heavy atom. The standard InChI is InChI=1S/C16H14ClNO4/c1-9(19)12-7-14(18-8-12)16(21)22-10(2)15(20)11-3-5-13(17)6-4-11/h3-8,10,18H,1-2H3/t10-/m1/s1. The molecule has 1 atom stereocenters. The molecule has 2 rings (SSSR count). The highest BCUT2D eigenvalue weighted by atomic mass is 35.5. The first-order chi connectivity index (χ1) is 10.4. The molecule has 5 nitrogen and oxygen atoms in total. The van der Waals surface area contributed by atoms with Gasteiger partial charge in [-0.15, -0.1) is 0 Å². The van der Waals surface area contributed by atoms with Gasteiger partial charge in [-0.1, -0.05) is 11.6 Å². The molecule has 114 valence electrons. The van der Waals surface area contributed by atoms with E-state index in [0.29, 0.717) is 16.1 Å². The minimum Gasteiger partial charge on any atom is -0.450 e. The number of Topliss-reactive ketones (excluding diaryl/α,β-unsaturated/α-hetero) is 2. The lowest BCUT2D eigenvalue weighted by molar-refractivity contribution is 0.0314. The van der Waals surface area contributed by atoms with Crippen LogP contribution in [-0.4, -0.2) is 28.6 Å². The number of carbonyl (C=O) groups is 3. The van der Waals surface area contributed by atoms with Crippen LogP contribution in [0.25, 0.3) is 0 Å². The maximum atomic E-state index is 12.2. The number of aromatic amines is 1. The molecule has 0 aliphatic heterocycles. The van der Waals surface area contributed by atoms with Crippen molar-refractivity contribution in [1.82, 2.24) is 4.98 Å². The molecule has 0 aliphatic rings. The summed E-state index contributed by atoms with van der Waals surface area (Å²) in [4.78, 5) is 37.9. The molecule has 1 heterocycles. The Kier molecular flexibility index (Phi) is 4.78. The van der Waals surface area contributed by atoms with E-state index in [0.717, 1.165) is 0 Å². The molecule has 1 aromatic carbocycles. The van der Waals surface area contributed by atoms with E-state index in [9.17, 15) is 14.4 Å². The van der Waals surface area contributed by atoms with Crippen molar-refractivity contribution < 1.29 is 19.1 Å². The van der Waals surface area contributed by atoms with Gasteiger partial charge in [0, 0.05) is 22.3 Å². The molecule has 0 bridgehead atoms. The van der Waals surface area contributed by atoms with E-state index in [2.05, 4.69) is 4.98 Å². The third-order valence-corrected chi connectivity index (χ3v) is 3.34. The Hall–Kier alpha value is -2.40. The molecule has 1 aromatic heterocycles. The van der Waals surface area contributed by atoms with Crippen LogP contribution >= 0.6 is 11.6 Å². The van der Waals surface area contributed by atoms with Crippen molar-refractivity contribution >= 4 is 29.1 Å². The Morgan fingerprint density at radius 2 is 1.77 bits per heavy atom. The fourth-order valence-corrected chi connectivity index (χ4v) is 1.97. The maximum absolute atomic E-state index is 12.2. The van der Waals surface area contributed by atoms with Crippen LogP contribution in [0.15, 0.2) is 36.5 Å². The lowest BCUT2D eigenvalue weighted by Gasteiger charge is -2.11. The highest BCUT2D eigenvalue weighted by Crippen LogP contribution is 2.14. The van der Waals surface area contributed by atoms with Gasteiger partial charge in [-0.25, -0.2) is 4.79 Å². The zero-order valence-corrected chi connectivity index (χ0v) is 12.8. The van der Waals surface area contributed by atoms with Crippen LogP contribution in [0.2, 0.25) is 5.02 Å². The van der Waals surface area contributed by atoms with Crippen molar-refractivity contribution in [3.8, 4) is 0 Å². The summed E-state index contributed by atoms with van der Waals surface area (Å²) in [6.45, 7) is 2.88. The van der Waals surface area contributed by atoms with Crippen molar-refractivity contribution in [2.45, 2.75) is 20.0 Å². The summed E-state index contributed by atoms with van der Waals surface area (Å²) in [5, 5.41) is 0.518. The number of carbonyl (C=O) groups excluding carboxylic acids is 3. The van der Waals surface area contributed by atoms with Crippen molar-refractivity contribution in [2.24, 2.45) is 0 Å². The SMILES string of the molecule is CC(=O)c1c[nH]c(C(=O)O[C@H](C)C(=O)c2ccc(Cl)cc2)c1. The van der Waals surface area contributed by atoms with Gasteiger partial charge in [-0.3, -0.25) is 9.59 Å². The van der Waals surface area contributed by atoms with Crippen molar-refractivity contribution in [3.63, 3.8) is 0 Å². The van der Waals surface area contributed by atoms with Crippen LogP contribution in [0.3, 0.4) is 0 Å². The smallest absolute Gasteiger partial charge is 0.355 e. The van der Waals surface area contributed by atoms with Crippen LogP contribution in [-0.2, 0) is 4.74 Å². The highest BCUT2D eigenvalue weighted by molar-refractivity contribution is 6.30. The third-order valence-electron chi connectivity index (χ3n) is 3.09. The van der Waals surface area contributed by atoms with Gasteiger partial charge in [0.15, 0.2) is 11.9 Å². The van der Waals surface area contributed by atoms with Gasteiger partial charge in [0.1, 0.15) is 5.69 Å². The number of esters is 1. The summed E-state index contributed by atoms with van der Waals surface area (Å²) in [6.07, 6.45) is 0.475. The fourth-order valence-electron chi connectivity index (χ4n) is 1.84. The summed E-state index contributed by atoms with van der Waals surface area (Å²) in [5.74, 6) is -1.19. The first-order valence-corrected chi connectivity index (χ1v) is 6.96. The lowest BCUT2D eigenvalue weighted by Crippen LogP contribution is -2.24. The quantitative estimate of drug-likeness (QED) is 0.677. The molecule has 0 spiro atoms. The number of rotatable bonds is 5. The Morgan fingerprint density at radius 1 is 1.14 bits per heavy atom. The molecule has 6 heteroatoms. The van der Waals surface area contributed by atoms with E-state index in [1.165, 1.54) is 26.1 Å². The molecule has 1 N–H and O–H groups in total. The lowest BCUT2D eigenvalue weighted by atomic mass is 10.1. The molecule has 0 amide bonds. The van der Waals surface area contributed by atoms with E-state index >= 15 is 0 Å². The summed E-state index contributed by atoms with van der Waals surface area (Å²) in [5.41, 5.74) is 0.908. The maximum Gasteiger partial charge on any atom is 0.355 e. The number of hydrogen-bond acceptors (Lipinski definition) is 4. The summed E-state index contributed by atoms with van der Waals surface area (Å²) in [7, 11) is 0. The van der Waals surface area contributed by atoms with E-state index in [1.807, 2.05) is 0 Å². The number of halogens is 1. The molecule has 2 aromatic rings. The summed E-state index contributed by atoms with van der Waals surface area (Å²) in [6, 6.07) is 7.71. The average Bonchev–Trinajstić information content (AvgIpc) is 2.97. The number of benzene rings is 1. The zero-order valence-electron chi connectivity index (χ0n) is 12.1. The van der Waals surface area contributed by atoms with Crippen LogP contribution in [0.5, 0.6) is 0 Å². The highest BCUT2D eigenvalue weighted by Gasteiger charge is 2.21. The second-order valence-corrected chi connectivity index (χ2v) is 5.21. The van der Waals surface area contributed by atoms with Gasteiger partial charge in [0.25, 0.3) is 0 Å². The number of ketones is 2. The van der Waals surface area contributed by atoms with E-state index in [-0.39, 0.29) is 17.3 Å². The minimum atomic E-state index is -0.947. The zero-order chi connectivity index (χ0) is 16.3. The van der Waals surface area contributed by atoms with E-state index < -0.39 is 12.1 Å². The summed E-state index contributed by atoms with van der Waals surface area (Å²) < 4.78 is 5.11. The predicted octanol–water partition coefficient (Wildman–Crippen LogP) is 3.30. The second-order valence-electron chi connectivity index (χ2n) is 4.78. The van der Waals surface area contributed by atoms with Gasteiger partial charge in [0.05, 0.1) is 0 Å². The fraction of sp³-hybridized carbons (Fsp3) is 0.188. The number of H-pyrrole nitrogens is 1. The van der Waals surface area contributed by atoms with Crippen LogP contribution in [0.4, 0.5) is 0 Å². The van der Waals surface area contributed by atoms with Crippen molar-refractivity contribution in [2.75, 3.05) is 0 Å². The summed E-state index contributed by atoms with van der Waals surface area (Å²) >= 11 is 5.76. The van der Waals surface area contributed by atoms with Crippen LogP contribution in [0, 0.1) is 0 Å². The van der Waals surface area contributed by atoms with E-state index in [4.69, 9.17) is 16.3 Å². The Balaban J connectivity index is 2.05. The Labute approximate surface area is 132 Å². The average molecular weight is 320 g/mol. The second kappa shape index (κ2) is 6.58. The monoisotopic (exact) mass is 319 g/mol. The number of hydrogen-bond donors (Lipinski definition) is 1. The topological polar surface area (TPSA) is 76.2 Å². The van der Waals surface area contributed by atoms with E-state index in [1.54, 1.807) is 24.3 Å². The Bertz CT molecular complexity index is 718. The van der Waals surface area contributed by atoms with Crippen molar-refractivity contribution in [3.05, 3.63) is 58.4 Å².